The Labute approximate surface area is 73.8 Å². The van der Waals surface area contributed by atoms with E-state index in [1.165, 1.54) is 12.1 Å². The molecule has 0 aliphatic rings. The van der Waals surface area contributed by atoms with Crippen molar-refractivity contribution in [3.05, 3.63) is 35.6 Å². The van der Waals surface area contributed by atoms with Gasteiger partial charge in [-0.15, -0.1) is 0 Å². The lowest BCUT2D eigenvalue weighted by atomic mass is 10.2. The Balaban J connectivity index is 3.10. The lowest BCUT2D eigenvalue weighted by Gasteiger charge is -1.94. The van der Waals surface area contributed by atoms with E-state index in [1.54, 1.807) is 0 Å². The Morgan fingerprint density at radius 3 is 2.50 bits per heavy atom. The van der Waals surface area contributed by atoms with Crippen molar-refractivity contribution < 1.29 is 9.87 Å². The summed E-state index contributed by atoms with van der Waals surface area (Å²) in [6.07, 6.45) is -2.19. The third-order valence-corrected chi connectivity index (χ3v) is 1.23. The SMILES string of the molecule is [2H]C([2H])(Br)C([2H])([2H])c1ccc(F)cc1. The first-order valence-electron chi connectivity index (χ1n) is 4.70. The lowest BCUT2D eigenvalue weighted by Crippen LogP contribution is -1.84. The monoisotopic (exact) mass is 206 g/mol. The van der Waals surface area contributed by atoms with Crippen molar-refractivity contribution in [2.45, 2.75) is 6.37 Å². The van der Waals surface area contributed by atoms with Crippen LogP contribution < -0.4 is 0 Å². The first kappa shape index (κ1) is 3.86. The van der Waals surface area contributed by atoms with E-state index in [0.717, 1.165) is 12.1 Å². The fourth-order valence-electron chi connectivity index (χ4n) is 0.588. The minimum absolute atomic E-state index is 0.0979. The number of halogens is 2. The average Bonchev–Trinajstić information content (AvgIpc) is 2.03. The molecule has 0 amide bonds. The molecule has 1 aromatic rings. The fraction of sp³-hybridized carbons (Fsp3) is 0.250. The summed E-state index contributed by atoms with van der Waals surface area (Å²) in [7, 11) is 0. The number of benzene rings is 1. The van der Waals surface area contributed by atoms with E-state index < -0.39 is 17.5 Å². The smallest absolute Gasteiger partial charge is 0.123 e. The Morgan fingerprint density at radius 2 is 2.00 bits per heavy atom. The highest BCUT2D eigenvalue weighted by Crippen LogP contribution is 2.04. The molecule has 0 radical (unpaired) electrons. The van der Waals surface area contributed by atoms with E-state index in [0.29, 0.717) is 0 Å². The Kier molecular flexibility index (Phi) is 1.43. The second-order valence-corrected chi connectivity index (χ2v) is 2.12. The standard InChI is InChI=1S/C8H8BrF/c9-6-5-7-1-3-8(10)4-2-7/h1-4H,5-6H2/i5D2,6D2. The summed E-state index contributed by atoms with van der Waals surface area (Å²) in [5.41, 5.74) is 0.0979. The minimum atomic E-state index is -2.19. The van der Waals surface area contributed by atoms with Gasteiger partial charge in [0.15, 0.2) is 0 Å². The molecule has 0 atom stereocenters. The molecule has 0 spiro atoms. The van der Waals surface area contributed by atoms with Crippen molar-refractivity contribution in [1.82, 2.24) is 0 Å². The van der Waals surface area contributed by atoms with E-state index in [9.17, 15) is 4.39 Å². The van der Waals surface area contributed by atoms with Gasteiger partial charge >= 0.3 is 0 Å². The Hall–Kier alpha value is -0.370. The quantitative estimate of drug-likeness (QED) is 0.654. The molecule has 0 heterocycles. The molecular weight excluding hydrogens is 195 g/mol. The van der Waals surface area contributed by atoms with Gasteiger partial charge < -0.3 is 0 Å². The predicted octanol–water partition coefficient (Wildman–Crippen LogP) is 2.76. The third kappa shape index (κ3) is 2.10. The molecule has 0 fully saturated rings. The van der Waals surface area contributed by atoms with E-state index >= 15 is 0 Å². The van der Waals surface area contributed by atoms with Crippen LogP contribution >= 0.6 is 15.9 Å². The molecule has 1 aromatic carbocycles. The zero-order valence-corrected chi connectivity index (χ0v) is 6.65. The van der Waals surface area contributed by atoms with Gasteiger partial charge in [0, 0.05) is 10.8 Å². The van der Waals surface area contributed by atoms with Gasteiger partial charge in [-0.05, 0) is 24.1 Å². The lowest BCUT2D eigenvalue weighted by molar-refractivity contribution is 0.627. The number of alkyl halides is 1. The second-order valence-electron chi connectivity index (χ2n) is 1.73. The number of rotatable bonds is 2. The van der Waals surface area contributed by atoms with Gasteiger partial charge in [-0.2, -0.15) is 0 Å². The largest absolute Gasteiger partial charge is 0.207 e. The molecule has 0 saturated carbocycles. The molecule has 0 bridgehead atoms. The van der Waals surface area contributed by atoms with Gasteiger partial charge in [0.1, 0.15) is 5.82 Å². The summed E-state index contributed by atoms with van der Waals surface area (Å²) >= 11 is 2.62. The van der Waals surface area contributed by atoms with Crippen molar-refractivity contribution in [3.63, 3.8) is 0 Å². The fourth-order valence-corrected chi connectivity index (χ4v) is 0.817. The van der Waals surface area contributed by atoms with Crippen LogP contribution in [0.25, 0.3) is 0 Å². The Bertz CT molecular complexity index is 317. The van der Waals surface area contributed by atoms with E-state index in [2.05, 4.69) is 15.9 Å². The van der Waals surface area contributed by atoms with Crippen LogP contribution in [0.3, 0.4) is 0 Å². The van der Waals surface area contributed by atoms with Gasteiger partial charge in [-0.1, -0.05) is 28.1 Å². The van der Waals surface area contributed by atoms with Gasteiger partial charge in [-0.3, -0.25) is 0 Å². The topological polar surface area (TPSA) is 0 Å². The zero-order chi connectivity index (χ0) is 11.0. The van der Waals surface area contributed by atoms with Crippen molar-refractivity contribution >= 4 is 15.9 Å². The summed E-state index contributed by atoms with van der Waals surface area (Å²) in [6.45, 7) is 0. The molecule has 2 heteroatoms. The summed E-state index contributed by atoms with van der Waals surface area (Å²) in [5.74, 6) is -0.473. The van der Waals surface area contributed by atoms with Crippen molar-refractivity contribution in [1.29, 1.82) is 0 Å². The van der Waals surface area contributed by atoms with Crippen molar-refractivity contribution in [3.8, 4) is 0 Å². The predicted molar refractivity (Wildman–Crippen MR) is 43.9 cm³/mol. The van der Waals surface area contributed by atoms with Crippen LogP contribution in [0.15, 0.2) is 24.3 Å². The maximum Gasteiger partial charge on any atom is 0.123 e. The van der Waals surface area contributed by atoms with E-state index in [4.69, 9.17) is 5.48 Å². The molecule has 0 saturated heterocycles. The van der Waals surface area contributed by atoms with E-state index in [1.807, 2.05) is 0 Å². The molecule has 0 aromatic heterocycles. The molecule has 1 rings (SSSR count). The second kappa shape index (κ2) is 3.71. The highest BCUT2D eigenvalue weighted by atomic mass is 79.9. The molecule has 0 unspecified atom stereocenters. The molecule has 0 N–H and O–H groups in total. The van der Waals surface area contributed by atoms with Crippen molar-refractivity contribution in [2.24, 2.45) is 0 Å². The normalized spacial score (nSPS) is 18.6. The van der Waals surface area contributed by atoms with Gasteiger partial charge in [0.05, 0.1) is 0 Å². The van der Waals surface area contributed by atoms with Gasteiger partial charge in [-0.25, -0.2) is 4.39 Å². The summed E-state index contributed by atoms with van der Waals surface area (Å²) in [6, 6.07) is 4.67. The maximum atomic E-state index is 12.5. The number of aryl methyl sites for hydroxylation is 1. The third-order valence-electron chi connectivity index (χ3n) is 1.04. The zero-order valence-electron chi connectivity index (χ0n) is 9.07. The first-order valence-corrected chi connectivity index (χ1v) is 3.49. The van der Waals surface area contributed by atoms with E-state index in [-0.39, 0.29) is 5.56 Å². The van der Waals surface area contributed by atoms with Crippen LogP contribution in [-0.4, -0.2) is 5.28 Å². The number of hydrogen-bond donors (Lipinski definition) is 0. The average molecular weight is 207 g/mol. The molecule has 10 heavy (non-hydrogen) atoms. The molecule has 54 valence electrons. The highest BCUT2D eigenvalue weighted by molar-refractivity contribution is 9.09. The summed E-state index contributed by atoms with van der Waals surface area (Å²) in [5, 5.41) is -2.18. The summed E-state index contributed by atoms with van der Waals surface area (Å²) < 4.78 is 42.0. The van der Waals surface area contributed by atoms with Gasteiger partial charge in [0.2, 0.25) is 0 Å². The van der Waals surface area contributed by atoms with Crippen molar-refractivity contribution in [2.75, 3.05) is 5.28 Å². The molecule has 0 aliphatic carbocycles. The van der Waals surface area contributed by atoms with Crippen LogP contribution in [0.5, 0.6) is 0 Å². The number of hydrogen-bond acceptors (Lipinski definition) is 0. The minimum Gasteiger partial charge on any atom is -0.207 e. The van der Waals surface area contributed by atoms with Gasteiger partial charge in [0.25, 0.3) is 0 Å². The van der Waals surface area contributed by atoms with Crippen LogP contribution in [0.2, 0.25) is 0 Å². The first-order chi connectivity index (χ1) is 6.25. The van der Waals surface area contributed by atoms with Crippen LogP contribution in [0.4, 0.5) is 4.39 Å². The molecule has 0 aliphatic heterocycles. The Morgan fingerprint density at radius 1 is 1.40 bits per heavy atom. The molecule has 0 nitrogen and oxygen atoms in total. The van der Waals surface area contributed by atoms with Crippen LogP contribution in [0.1, 0.15) is 11.0 Å². The van der Waals surface area contributed by atoms with Crippen LogP contribution in [-0.2, 0) is 6.37 Å². The summed E-state index contributed by atoms with van der Waals surface area (Å²) in [4.78, 5) is 0. The highest BCUT2D eigenvalue weighted by Gasteiger charge is 1.90. The molecular formula is C8H8BrF. The maximum absolute atomic E-state index is 12.5. The van der Waals surface area contributed by atoms with Crippen LogP contribution in [0, 0.1) is 5.82 Å².